The highest BCUT2D eigenvalue weighted by Crippen LogP contribution is 2.32. The summed E-state index contributed by atoms with van der Waals surface area (Å²) >= 11 is 0. The Morgan fingerprint density at radius 1 is 1.36 bits per heavy atom. The molecule has 0 aliphatic rings. The van der Waals surface area contributed by atoms with Gasteiger partial charge < -0.3 is 10.3 Å². The van der Waals surface area contributed by atoms with Gasteiger partial charge in [0.1, 0.15) is 5.76 Å². The molecule has 3 heteroatoms. The molecule has 0 bridgehead atoms. The lowest BCUT2D eigenvalue weighted by Gasteiger charge is -2.20. The summed E-state index contributed by atoms with van der Waals surface area (Å²) in [5.41, 5.74) is 6.91. The molecule has 80 valence electrons. The van der Waals surface area contributed by atoms with Crippen LogP contribution in [0.1, 0.15) is 51.9 Å². The van der Waals surface area contributed by atoms with Gasteiger partial charge in [-0.15, -0.1) is 0 Å². The second-order valence-electron chi connectivity index (χ2n) is 4.36. The molecule has 0 aliphatic heterocycles. The molecule has 1 aromatic rings. The molecule has 0 aromatic carbocycles. The smallest absolute Gasteiger partial charge is 0.170 e. The Morgan fingerprint density at radius 3 is 2.50 bits per heavy atom. The van der Waals surface area contributed by atoms with Crippen LogP contribution in [0.2, 0.25) is 0 Å². The van der Waals surface area contributed by atoms with Crippen LogP contribution in [0.3, 0.4) is 0 Å². The molecule has 1 heterocycles. The first-order valence-corrected chi connectivity index (χ1v) is 5.27. The van der Waals surface area contributed by atoms with Crippen molar-refractivity contribution in [1.82, 2.24) is 5.16 Å². The number of nitrogens with two attached hydrogens (primary N) is 1. The van der Waals surface area contributed by atoms with E-state index < -0.39 is 0 Å². The van der Waals surface area contributed by atoms with Crippen LogP contribution >= 0.6 is 0 Å². The minimum absolute atomic E-state index is 0.0368. The second kappa shape index (κ2) is 4.03. The van der Waals surface area contributed by atoms with Crippen LogP contribution in [-0.2, 0) is 11.8 Å². The van der Waals surface area contributed by atoms with E-state index in [1.165, 1.54) is 0 Å². The molecule has 0 spiro atoms. The van der Waals surface area contributed by atoms with Crippen molar-refractivity contribution in [2.24, 2.45) is 0 Å². The lowest BCUT2D eigenvalue weighted by Crippen LogP contribution is -2.16. The maximum absolute atomic E-state index is 5.77. The van der Waals surface area contributed by atoms with Gasteiger partial charge in [-0.2, -0.15) is 0 Å². The number of nitrogen functional groups attached to an aromatic ring is 1. The number of anilines is 1. The number of nitrogens with zero attached hydrogens (tertiary/aromatic N) is 1. The van der Waals surface area contributed by atoms with E-state index in [1.807, 2.05) is 0 Å². The molecular formula is C11H20N2O. The van der Waals surface area contributed by atoms with Gasteiger partial charge in [-0.25, -0.2) is 0 Å². The molecule has 0 saturated heterocycles. The van der Waals surface area contributed by atoms with Crippen molar-refractivity contribution in [3.63, 3.8) is 0 Å². The van der Waals surface area contributed by atoms with Crippen LogP contribution in [0, 0.1) is 0 Å². The van der Waals surface area contributed by atoms with Gasteiger partial charge in [0.25, 0.3) is 0 Å². The average Bonchev–Trinajstić information content (AvgIpc) is 2.50. The summed E-state index contributed by atoms with van der Waals surface area (Å²) in [6.07, 6.45) is 3.05. The quantitative estimate of drug-likeness (QED) is 0.805. The van der Waals surface area contributed by atoms with Crippen LogP contribution in [0.5, 0.6) is 0 Å². The number of hydrogen-bond donors (Lipinski definition) is 1. The number of aromatic nitrogens is 1. The molecular weight excluding hydrogens is 176 g/mol. The fourth-order valence-electron chi connectivity index (χ4n) is 1.51. The zero-order chi connectivity index (χ0) is 10.8. The summed E-state index contributed by atoms with van der Waals surface area (Å²) in [6, 6.07) is 0. The third-order valence-electron chi connectivity index (χ3n) is 2.82. The fraction of sp³-hybridized carbons (Fsp3) is 0.727. The first-order valence-electron chi connectivity index (χ1n) is 5.27. The van der Waals surface area contributed by atoms with Crippen LogP contribution in [0.4, 0.5) is 5.82 Å². The highest BCUT2D eigenvalue weighted by Gasteiger charge is 2.27. The molecule has 0 atom stereocenters. The van der Waals surface area contributed by atoms with Crippen molar-refractivity contribution in [2.45, 2.75) is 52.4 Å². The standard InChI is InChI=1S/C11H20N2O/c1-5-7-8-9(11(3,4)6-2)14-13-10(8)12/h5-7H2,1-4H3,(H2,12,13). The lowest BCUT2D eigenvalue weighted by molar-refractivity contribution is 0.309. The normalized spacial score (nSPS) is 12.0. The Morgan fingerprint density at radius 2 is 2.00 bits per heavy atom. The largest absolute Gasteiger partial charge is 0.381 e. The lowest BCUT2D eigenvalue weighted by atomic mass is 9.84. The van der Waals surface area contributed by atoms with Crippen LogP contribution < -0.4 is 5.73 Å². The molecule has 0 aliphatic carbocycles. The van der Waals surface area contributed by atoms with Crippen molar-refractivity contribution in [3.05, 3.63) is 11.3 Å². The van der Waals surface area contributed by atoms with Crippen LogP contribution in [0.25, 0.3) is 0 Å². The summed E-state index contributed by atoms with van der Waals surface area (Å²) in [5.74, 6) is 1.52. The van der Waals surface area contributed by atoms with E-state index in [1.54, 1.807) is 0 Å². The fourth-order valence-corrected chi connectivity index (χ4v) is 1.51. The Kier molecular flexibility index (Phi) is 3.19. The Balaban J connectivity index is 3.08. The van der Waals surface area contributed by atoms with Gasteiger partial charge in [-0.3, -0.25) is 0 Å². The Labute approximate surface area is 85.7 Å². The molecule has 1 aromatic heterocycles. The van der Waals surface area contributed by atoms with E-state index in [9.17, 15) is 0 Å². The molecule has 0 fully saturated rings. The number of rotatable bonds is 4. The summed E-state index contributed by atoms with van der Waals surface area (Å²) in [4.78, 5) is 0. The summed E-state index contributed by atoms with van der Waals surface area (Å²) in [5, 5.41) is 3.85. The summed E-state index contributed by atoms with van der Waals surface area (Å²) in [7, 11) is 0. The molecule has 0 radical (unpaired) electrons. The summed E-state index contributed by atoms with van der Waals surface area (Å²) in [6.45, 7) is 8.60. The van der Waals surface area contributed by atoms with E-state index in [4.69, 9.17) is 10.3 Å². The molecule has 3 nitrogen and oxygen atoms in total. The second-order valence-corrected chi connectivity index (χ2v) is 4.36. The zero-order valence-corrected chi connectivity index (χ0v) is 9.55. The van der Waals surface area contributed by atoms with E-state index in [-0.39, 0.29) is 5.41 Å². The van der Waals surface area contributed by atoms with Crippen molar-refractivity contribution < 1.29 is 4.52 Å². The van der Waals surface area contributed by atoms with E-state index >= 15 is 0 Å². The van der Waals surface area contributed by atoms with Crippen molar-refractivity contribution >= 4 is 5.82 Å². The first kappa shape index (κ1) is 11.1. The van der Waals surface area contributed by atoms with Gasteiger partial charge in [0.05, 0.1) is 0 Å². The van der Waals surface area contributed by atoms with Crippen LogP contribution in [0.15, 0.2) is 4.52 Å². The Hall–Kier alpha value is -0.990. The first-order chi connectivity index (χ1) is 6.53. The minimum Gasteiger partial charge on any atom is -0.381 e. The van der Waals surface area contributed by atoms with Crippen molar-refractivity contribution in [3.8, 4) is 0 Å². The van der Waals surface area contributed by atoms with Gasteiger partial charge in [0, 0.05) is 11.0 Å². The minimum atomic E-state index is 0.0368. The molecule has 2 N–H and O–H groups in total. The van der Waals surface area contributed by atoms with Gasteiger partial charge in [0.2, 0.25) is 0 Å². The molecule has 1 rings (SSSR count). The third kappa shape index (κ3) is 1.91. The van der Waals surface area contributed by atoms with E-state index in [0.29, 0.717) is 5.82 Å². The topological polar surface area (TPSA) is 52.0 Å². The number of hydrogen-bond acceptors (Lipinski definition) is 3. The monoisotopic (exact) mass is 196 g/mol. The predicted molar refractivity (Wildman–Crippen MR) is 58.2 cm³/mol. The SMILES string of the molecule is CCCc1c(N)noc1C(C)(C)CC. The van der Waals surface area contributed by atoms with Gasteiger partial charge in [0.15, 0.2) is 5.82 Å². The summed E-state index contributed by atoms with van der Waals surface area (Å²) < 4.78 is 5.33. The molecule has 14 heavy (non-hydrogen) atoms. The van der Waals surface area contributed by atoms with Crippen molar-refractivity contribution in [1.29, 1.82) is 0 Å². The maximum atomic E-state index is 5.77. The highest BCUT2D eigenvalue weighted by molar-refractivity contribution is 5.42. The zero-order valence-electron chi connectivity index (χ0n) is 9.55. The van der Waals surface area contributed by atoms with Crippen LogP contribution in [-0.4, -0.2) is 5.16 Å². The molecule has 0 saturated carbocycles. The average molecular weight is 196 g/mol. The van der Waals surface area contributed by atoms with Crippen molar-refractivity contribution in [2.75, 3.05) is 5.73 Å². The Bertz CT molecular complexity index is 302. The highest BCUT2D eigenvalue weighted by atomic mass is 16.5. The predicted octanol–water partition coefficient (Wildman–Crippen LogP) is 2.90. The van der Waals surface area contributed by atoms with Gasteiger partial charge in [-0.1, -0.05) is 39.3 Å². The van der Waals surface area contributed by atoms with Gasteiger partial charge in [-0.05, 0) is 12.8 Å². The van der Waals surface area contributed by atoms with E-state index in [2.05, 4.69) is 32.9 Å². The third-order valence-corrected chi connectivity index (χ3v) is 2.82. The molecule has 0 amide bonds. The van der Waals surface area contributed by atoms with Gasteiger partial charge >= 0.3 is 0 Å². The molecule has 0 unspecified atom stereocenters. The maximum Gasteiger partial charge on any atom is 0.170 e. The van der Waals surface area contributed by atoms with E-state index in [0.717, 1.165) is 30.6 Å².